The monoisotopic (exact) mass is 476 g/mol. The van der Waals surface area contributed by atoms with Crippen molar-refractivity contribution in [3.8, 4) is 17.6 Å². The van der Waals surface area contributed by atoms with Crippen molar-refractivity contribution in [1.29, 1.82) is 5.26 Å². The van der Waals surface area contributed by atoms with Crippen LogP contribution in [0.1, 0.15) is 23.1 Å². The first-order chi connectivity index (χ1) is 13.9. The maximum Gasteiger partial charge on any atom is 0.200 e. The summed E-state index contributed by atoms with van der Waals surface area (Å²) in [7, 11) is 1.45. The Morgan fingerprint density at radius 2 is 1.97 bits per heavy atom. The van der Waals surface area contributed by atoms with E-state index >= 15 is 0 Å². The number of nitriles is 1. The average Bonchev–Trinajstić information content (AvgIpc) is 3.12. The van der Waals surface area contributed by atoms with E-state index in [1.165, 1.54) is 7.11 Å². The number of halogens is 2. The molecule has 0 saturated carbocycles. The number of nitrogens with two attached hydrogens (primary N) is 1. The SMILES string of the molecule is COc1cc(C2C(C#N)=C(N)OC3NNC(c4ccc(Br)cc4)C32)cc(Cl)c1O. The van der Waals surface area contributed by atoms with Crippen molar-refractivity contribution in [2.24, 2.45) is 11.7 Å². The second-order valence-corrected chi connectivity index (χ2v) is 8.18. The van der Waals surface area contributed by atoms with Crippen molar-refractivity contribution >= 4 is 27.5 Å². The molecular weight excluding hydrogens is 460 g/mol. The molecule has 29 heavy (non-hydrogen) atoms. The van der Waals surface area contributed by atoms with Gasteiger partial charge in [-0.25, -0.2) is 10.9 Å². The molecule has 5 N–H and O–H groups in total. The molecule has 2 aliphatic rings. The minimum absolute atomic E-state index is 0.0627. The molecule has 4 atom stereocenters. The van der Waals surface area contributed by atoms with Crippen LogP contribution >= 0.6 is 27.5 Å². The second kappa shape index (κ2) is 7.76. The highest BCUT2D eigenvalue weighted by Gasteiger charge is 2.49. The van der Waals surface area contributed by atoms with Gasteiger partial charge in [0.25, 0.3) is 0 Å². The maximum atomic E-state index is 10.1. The van der Waals surface area contributed by atoms with E-state index in [9.17, 15) is 10.4 Å². The molecule has 0 spiro atoms. The first kappa shape index (κ1) is 19.9. The van der Waals surface area contributed by atoms with E-state index in [0.717, 1.165) is 10.0 Å². The number of nitrogens with one attached hydrogen (secondary N) is 2. The molecule has 1 fully saturated rings. The zero-order valence-corrected chi connectivity index (χ0v) is 17.7. The van der Waals surface area contributed by atoms with Crippen LogP contribution < -0.4 is 21.3 Å². The highest BCUT2D eigenvalue weighted by Crippen LogP contribution is 2.49. The largest absolute Gasteiger partial charge is 0.503 e. The molecule has 7 nitrogen and oxygen atoms in total. The van der Waals surface area contributed by atoms with Gasteiger partial charge in [-0.15, -0.1) is 0 Å². The van der Waals surface area contributed by atoms with Crippen LogP contribution in [-0.4, -0.2) is 18.4 Å². The third kappa shape index (κ3) is 3.40. The number of methoxy groups -OCH3 is 1. The van der Waals surface area contributed by atoms with Crippen LogP contribution in [0.5, 0.6) is 11.5 Å². The molecule has 0 aromatic heterocycles. The number of fused-ring (bicyclic) bond motifs is 1. The molecule has 0 radical (unpaired) electrons. The minimum atomic E-state index is -0.454. The molecule has 1 saturated heterocycles. The summed E-state index contributed by atoms with van der Waals surface area (Å²) in [5.41, 5.74) is 14.5. The topological polar surface area (TPSA) is 113 Å². The van der Waals surface area contributed by atoms with Gasteiger partial charge in [-0.3, -0.25) is 0 Å². The highest BCUT2D eigenvalue weighted by molar-refractivity contribution is 9.10. The third-order valence-electron chi connectivity index (χ3n) is 5.31. The molecule has 2 heterocycles. The number of nitrogens with zero attached hydrogens (tertiary/aromatic N) is 1. The van der Waals surface area contributed by atoms with E-state index in [-0.39, 0.29) is 34.4 Å². The summed E-state index contributed by atoms with van der Waals surface area (Å²) in [6.45, 7) is 0. The summed E-state index contributed by atoms with van der Waals surface area (Å²) in [6, 6.07) is 13.3. The molecule has 0 bridgehead atoms. The summed E-state index contributed by atoms with van der Waals surface area (Å²) in [5, 5.41) is 20.1. The van der Waals surface area contributed by atoms with Crippen LogP contribution in [0.25, 0.3) is 0 Å². The van der Waals surface area contributed by atoms with Crippen LogP contribution in [0.15, 0.2) is 52.3 Å². The third-order valence-corrected chi connectivity index (χ3v) is 6.13. The number of phenolic OH excluding ortho intramolecular Hbond substituents is 1. The van der Waals surface area contributed by atoms with E-state index in [2.05, 4.69) is 32.9 Å². The molecule has 2 aromatic carbocycles. The van der Waals surface area contributed by atoms with Gasteiger partial charge < -0.3 is 20.3 Å². The average molecular weight is 478 g/mol. The van der Waals surface area contributed by atoms with E-state index in [1.807, 2.05) is 24.3 Å². The van der Waals surface area contributed by atoms with Gasteiger partial charge in [-0.05, 0) is 35.4 Å². The minimum Gasteiger partial charge on any atom is -0.503 e. The quantitative estimate of drug-likeness (QED) is 0.536. The molecule has 0 aliphatic carbocycles. The zero-order valence-electron chi connectivity index (χ0n) is 15.3. The lowest BCUT2D eigenvalue weighted by Crippen LogP contribution is -2.41. The van der Waals surface area contributed by atoms with Gasteiger partial charge in [0.15, 0.2) is 17.7 Å². The molecule has 9 heteroatoms. The Labute approximate surface area is 181 Å². The first-order valence-corrected chi connectivity index (χ1v) is 10.0. The molecule has 150 valence electrons. The van der Waals surface area contributed by atoms with Gasteiger partial charge in [-0.1, -0.05) is 39.7 Å². The zero-order chi connectivity index (χ0) is 20.7. The van der Waals surface area contributed by atoms with Gasteiger partial charge in [0.2, 0.25) is 5.88 Å². The standard InChI is InChI=1S/C20H18BrClN4O3/c1-28-14-7-10(6-13(22)18(14)27)15-12(8-23)19(24)29-20-16(15)17(25-26-20)9-2-4-11(21)5-3-9/h2-7,15-17,20,25-27H,24H2,1H3. The van der Waals surface area contributed by atoms with Crippen LogP contribution in [0.4, 0.5) is 0 Å². The molecule has 2 aliphatic heterocycles. The number of aromatic hydroxyl groups is 1. The predicted molar refractivity (Wildman–Crippen MR) is 111 cm³/mol. The van der Waals surface area contributed by atoms with Crippen molar-refractivity contribution < 1.29 is 14.6 Å². The van der Waals surface area contributed by atoms with Gasteiger partial charge in [0, 0.05) is 16.3 Å². The van der Waals surface area contributed by atoms with E-state index < -0.39 is 12.1 Å². The number of ether oxygens (including phenoxy) is 2. The smallest absolute Gasteiger partial charge is 0.200 e. The summed E-state index contributed by atoms with van der Waals surface area (Å²) in [5.74, 6) is -0.493. The van der Waals surface area contributed by atoms with E-state index in [4.69, 9.17) is 26.8 Å². The number of benzene rings is 2. The van der Waals surface area contributed by atoms with Crippen molar-refractivity contribution in [2.75, 3.05) is 7.11 Å². The van der Waals surface area contributed by atoms with E-state index in [0.29, 0.717) is 11.1 Å². The van der Waals surface area contributed by atoms with Gasteiger partial charge in [0.1, 0.15) is 6.07 Å². The lowest BCUT2D eigenvalue weighted by Gasteiger charge is -2.36. The Morgan fingerprint density at radius 3 is 2.62 bits per heavy atom. The van der Waals surface area contributed by atoms with Crippen LogP contribution in [0.2, 0.25) is 5.02 Å². The molecule has 2 aromatic rings. The number of hydrogen-bond donors (Lipinski definition) is 4. The Hall–Kier alpha value is -2.44. The maximum absolute atomic E-state index is 10.1. The number of hydrogen-bond acceptors (Lipinski definition) is 7. The Balaban J connectivity index is 1.86. The summed E-state index contributed by atoms with van der Waals surface area (Å²) >= 11 is 9.68. The van der Waals surface area contributed by atoms with Crippen LogP contribution in [-0.2, 0) is 4.74 Å². The second-order valence-electron chi connectivity index (χ2n) is 6.85. The van der Waals surface area contributed by atoms with Crippen molar-refractivity contribution in [2.45, 2.75) is 18.2 Å². The normalized spacial score (nSPS) is 25.9. The van der Waals surface area contributed by atoms with Crippen LogP contribution in [0.3, 0.4) is 0 Å². The molecule has 0 amide bonds. The number of rotatable bonds is 3. The Kier molecular flexibility index (Phi) is 5.32. The summed E-state index contributed by atoms with van der Waals surface area (Å²) < 4.78 is 12.0. The van der Waals surface area contributed by atoms with Crippen molar-refractivity contribution in [3.63, 3.8) is 0 Å². The Bertz CT molecular complexity index is 1020. The lowest BCUT2D eigenvalue weighted by atomic mass is 9.74. The fourth-order valence-electron chi connectivity index (χ4n) is 3.98. The van der Waals surface area contributed by atoms with Gasteiger partial charge in [0.05, 0.1) is 23.7 Å². The van der Waals surface area contributed by atoms with Crippen LogP contribution in [0, 0.1) is 17.2 Å². The first-order valence-electron chi connectivity index (χ1n) is 8.84. The Morgan fingerprint density at radius 1 is 1.24 bits per heavy atom. The number of allylic oxidation sites excluding steroid dienone is 1. The molecular formula is C20H18BrClN4O3. The number of hydrazine groups is 1. The van der Waals surface area contributed by atoms with Gasteiger partial charge >= 0.3 is 0 Å². The van der Waals surface area contributed by atoms with E-state index in [1.54, 1.807) is 12.1 Å². The fourth-order valence-corrected chi connectivity index (χ4v) is 4.46. The van der Waals surface area contributed by atoms with Crippen molar-refractivity contribution in [3.05, 3.63) is 68.5 Å². The number of phenols is 1. The fraction of sp³-hybridized carbons (Fsp3) is 0.250. The predicted octanol–water partition coefficient (Wildman–Crippen LogP) is 3.42. The lowest BCUT2D eigenvalue weighted by molar-refractivity contribution is 0.0340. The van der Waals surface area contributed by atoms with Gasteiger partial charge in [-0.2, -0.15) is 5.26 Å². The summed E-state index contributed by atoms with van der Waals surface area (Å²) in [6.07, 6.45) is -0.454. The summed E-state index contributed by atoms with van der Waals surface area (Å²) in [4.78, 5) is 0. The molecule has 4 rings (SSSR count). The van der Waals surface area contributed by atoms with Crippen molar-refractivity contribution in [1.82, 2.24) is 10.9 Å². The molecule has 4 unspecified atom stereocenters. The highest BCUT2D eigenvalue weighted by atomic mass is 79.9.